The minimum atomic E-state index is -0.653. The molecule has 0 aliphatic heterocycles. The molecule has 0 spiro atoms. The maximum Gasteiger partial charge on any atom is 0.303 e. The zero-order valence-corrected chi connectivity index (χ0v) is 18.2. The number of rotatable bonds is 19. The van der Waals surface area contributed by atoms with Gasteiger partial charge in [0, 0.05) is 6.42 Å². The summed E-state index contributed by atoms with van der Waals surface area (Å²) in [7, 11) is 0. The lowest BCUT2D eigenvalue weighted by atomic mass is 10.0. The Balaban J connectivity index is 0. The van der Waals surface area contributed by atoms with Crippen LogP contribution < -0.4 is 5.73 Å². The smallest absolute Gasteiger partial charge is 0.303 e. The quantitative estimate of drug-likeness (QED) is 0.145. The molecule has 1 atom stereocenters. The summed E-state index contributed by atoms with van der Waals surface area (Å²) in [6.07, 6.45) is 21.7. The summed E-state index contributed by atoms with van der Waals surface area (Å²) in [5.74, 6) is -0.653. The number of hydrogen-bond acceptors (Lipinski definition) is 3. The first-order chi connectivity index (χ1) is 13.0. The molecule has 0 bridgehead atoms. The van der Waals surface area contributed by atoms with Crippen molar-refractivity contribution < 1.29 is 14.6 Å². The van der Waals surface area contributed by atoms with Crippen molar-refractivity contribution in [3.05, 3.63) is 12.7 Å². The Bertz CT molecular complexity index is 306. The van der Waals surface area contributed by atoms with Crippen molar-refractivity contribution in [2.45, 2.75) is 123 Å². The molecule has 0 heterocycles. The number of carboxylic acid groups (broad SMARTS) is 1. The first kappa shape index (κ1) is 28.3. The molecule has 0 fully saturated rings. The molecule has 0 saturated carbocycles. The van der Waals surface area contributed by atoms with Gasteiger partial charge in [0.05, 0.1) is 6.61 Å². The number of carboxylic acids is 1. The largest absolute Gasteiger partial charge is 0.481 e. The molecule has 0 amide bonds. The van der Waals surface area contributed by atoms with Crippen molar-refractivity contribution >= 4 is 5.97 Å². The molecule has 1 unspecified atom stereocenters. The number of aliphatic carboxylic acids is 1. The van der Waals surface area contributed by atoms with Crippen LogP contribution in [0.4, 0.5) is 0 Å². The van der Waals surface area contributed by atoms with Crippen molar-refractivity contribution in [3.8, 4) is 0 Å². The van der Waals surface area contributed by atoms with Crippen LogP contribution >= 0.6 is 0 Å². The van der Waals surface area contributed by atoms with Gasteiger partial charge in [-0.2, -0.15) is 0 Å². The van der Waals surface area contributed by atoms with E-state index < -0.39 is 5.97 Å². The van der Waals surface area contributed by atoms with Crippen molar-refractivity contribution in [3.63, 3.8) is 0 Å². The fraction of sp³-hybridized carbons (Fsp3) is 0.870. The Kier molecular flexibility index (Phi) is 26.4. The SMILES string of the molecule is C=CCOC(C)N.CCCCCCCCCCCCCCCCCC(=O)O. The molecule has 0 radical (unpaired) electrons. The summed E-state index contributed by atoms with van der Waals surface area (Å²) in [6.45, 7) is 8.04. The van der Waals surface area contributed by atoms with Crippen LogP contribution in [-0.4, -0.2) is 23.9 Å². The van der Waals surface area contributed by atoms with Gasteiger partial charge in [0.25, 0.3) is 0 Å². The Hall–Kier alpha value is -0.870. The number of carbonyl (C=O) groups is 1. The van der Waals surface area contributed by atoms with Crippen molar-refractivity contribution in [1.29, 1.82) is 0 Å². The van der Waals surface area contributed by atoms with E-state index in [1.807, 2.05) is 0 Å². The van der Waals surface area contributed by atoms with Crippen LogP contribution in [0.1, 0.15) is 117 Å². The summed E-state index contributed by atoms with van der Waals surface area (Å²) in [5, 5.41) is 8.52. The van der Waals surface area contributed by atoms with Crippen LogP contribution in [0, 0.1) is 0 Å². The Morgan fingerprint density at radius 2 is 1.26 bits per heavy atom. The summed E-state index contributed by atoms with van der Waals surface area (Å²) in [6, 6.07) is 0. The molecule has 0 saturated heterocycles. The molecule has 4 heteroatoms. The second-order valence-electron chi connectivity index (χ2n) is 7.42. The van der Waals surface area contributed by atoms with E-state index in [0.29, 0.717) is 13.0 Å². The average Bonchev–Trinajstić information content (AvgIpc) is 2.63. The van der Waals surface area contributed by atoms with E-state index in [0.717, 1.165) is 12.8 Å². The van der Waals surface area contributed by atoms with Crippen LogP contribution in [0.2, 0.25) is 0 Å². The summed E-state index contributed by atoms with van der Waals surface area (Å²) < 4.78 is 4.85. The van der Waals surface area contributed by atoms with E-state index in [1.54, 1.807) is 13.0 Å². The highest BCUT2D eigenvalue weighted by Gasteiger charge is 1.97. The second kappa shape index (κ2) is 25.1. The Morgan fingerprint density at radius 1 is 0.889 bits per heavy atom. The van der Waals surface area contributed by atoms with Gasteiger partial charge in [0.1, 0.15) is 6.23 Å². The molecule has 0 aromatic carbocycles. The highest BCUT2D eigenvalue weighted by atomic mass is 16.5. The summed E-state index contributed by atoms with van der Waals surface area (Å²) in [4.78, 5) is 10.3. The van der Waals surface area contributed by atoms with Crippen LogP contribution in [0.3, 0.4) is 0 Å². The van der Waals surface area contributed by atoms with Crippen LogP contribution in [0.5, 0.6) is 0 Å². The number of ether oxygens (including phenoxy) is 1. The van der Waals surface area contributed by atoms with E-state index in [2.05, 4.69) is 13.5 Å². The first-order valence-corrected chi connectivity index (χ1v) is 11.2. The fourth-order valence-corrected chi connectivity index (χ4v) is 2.87. The number of nitrogens with two attached hydrogens (primary N) is 1. The van der Waals surface area contributed by atoms with Crippen LogP contribution in [-0.2, 0) is 9.53 Å². The van der Waals surface area contributed by atoms with E-state index in [-0.39, 0.29) is 6.23 Å². The molecule has 0 aliphatic rings. The monoisotopic (exact) mass is 385 g/mol. The maximum absolute atomic E-state index is 10.3. The lowest BCUT2D eigenvalue weighted by molar-refractivity contribution is -0.137. The van der Waals surface area contributed by atoms with Gasteiger partial charge < -0.3 is 15.6 Å². The third-order valence-electron chi connectivity index (χ3n) is 4.47. The van der Waals surface area contributed by atoms with Crippen LogP contribution in [0.15, 0.2) is 12.7 Å². The molecular weight excluding hydrogens is 338 g/mol. The summed E-state index contributed by atoms with van der Waals surface area (Å²) in [5.41, 5.74) is 5.21. The highest BCUT2D eigenvalue weighted by Crippen LogP contribution is 2.13. The van der Waals surface area contributed by atoms with Gasteiger partial charge in [-0.25, -0.2) is 0 Å². The van der Waals surface area contributed by atoms with Crippen molar-refractivity contribution in [2.75, 3.05) is 6.61 Å². The molecule has 0 rings (SSSR count). The lowest BCUT2D eigenvalue weighted by Gasteiger charge is -2.03. The average molecular weight is 386 g/mol. The summed E-state index contributed by atoms with van der Waals surface area (Å²) >= 11 is 0. The van der Waals surface area contributed by atoms with Gasteiger partial charge >= 0.3 is 5.97 Å². The Morgan fingerprint density at radius 3 is 1.52 bits per heavy atom. The minimum Gasteiger partial charge on any atom is -0.481 e. The normalized spacial score (nSPS) is 11.5. The topological polar surface area (TPSA) is 72.5 Å². The molecule has 0 aromatic rings. The van der Waals surface area contributed by atoms with Gasteiger partial charge in [-0.05, 0) is 13.3 Å². The van der Waals surface area contributed by atoms with E-state index in [1.165, 1.54) is 83.5 Å². The van der Waals surface area contributed by atoms with E-state index in [9.17, 15) is 4.79 Å². The van der Waals surface area contributed by atoms with E-state index >= 15 is 0 Å². The molecule has 4 nitrogen and oxygen atoms in total. The second-order valence-corrected chi connectivity index (χ2v) is 7.42. The van der Waals surface area contributed by atoms with Crippen molar-refractivity contribution in [1.82, 2.24) is 0 Å². The molecule has 162 valence electrons. The lowest BCUT2D eigenvalue weighted by Crippen LogP contribution is -2.18. The van der Waals surface area contributed by atoms with E-state index in [4.69, 9.17) is 15.6 Å². The molecular formula is C23H47NO3. The van der Waals surface area contributed by atoms with Crippen LogP contribution in [0.25, 0.3) is 0 Å². The molecule has 0 aliphatic carbocycles. The third kappa shape index (κ3) is 33.2. The predicted octanol–water partition coefficient (Wildman–Crippen LogP) is 6.83. The standard InChI is InChI=1S/C18H36O2.C5H11NO/c1-2-3-4-5-6-7-8-9-10-11-12-13-14-15-16-17-18(19)20;1-3-4-7-5(2)6/h2-17H2,1H3,(H,19,20);3,5H,1,4,6H2,2H3. The van der Waals surface area contributed by atoms with Crippen molar-refractivity contribution in [2.24, 2.45) is 5.73 Å². The molecule has 3 N–H and O–H groups in total. The number of unbranched alkanes of at least 4 members (excludes halogenated alkanes) is 14. The first-order valence-electron chi connectivity index (χ1n) is 11.2. The van der Waals surface area contributed by atoms with Gasteiger partial charge in [-0.3, -0.25) is 4.79 Å². The maximum atomic E-state index is 10.3. The van der Waals surface area contributed by atoms with Gasteiger partial charge in [0.2, 0.25) is 0 Å². The molecule has 27 heavy (non-hydrogen) atoms. The van der Waals surface area contributed by atoms with Gasteiger partial charge in [0.15, 0.2) is 0 Å². The third-order valence-corrected chi connectivity index (χ3v) is 4.47. The van der Waals surface area contributed by atoms with Gasteiger partial charge in [-0.1, -0.05) is 103 Å². The number of hydrogen-bond donors (Lipinski definition) is 2. The fourth-order valence-electron chi connectivity index (χ4n) is 2.87. The highest BCUT2D eigenvalue weighted by molar-refractivity contribution is 5.66. The predicted molar refractivity (Wildman–Crippen MR) is 117 cm³/mol. The molecule has 0 aromatic heterocycles. The zero-order valence-electron chi connectivity index (χ0n) is 18.2. The van der Waals surface area contributed by atoms with Gasteiger partial charge in [-0.15, -0.1) is 6.58 Å². The Labute approximate surface area is 168 Å². The minimum absolute atomic E-state index is 0.169. The zero-order chi connectivity index (χ0) is 20.6.